The summed E-state index contributed by atoms with van der Waals surface area (Å²) in [7, 11) is 0. The minimum absolute atomic E-state index is 0.589. The van der Waals surface area contributed by atoms with Gasteiger partial charge in [0.05, 0.1) is 33.5 Å². The fourth-order valence-corrected chi connectivity index (χ4v) is 8.96. The van der Waals surface area contributed by atoms with Gasteiger partial charge in [-0.15, -0.1) is 0 Å². The van der Waals surface area contributed by atoms with E-state index in [1.54, 1.807) is 0 Å². The molecule has 10 aromatic rings. The molecule has 0 radical (unpaired) electrons. The number of aryl methyl sites for hydroxylation is 2. The SMILES string of the molecule is Cc1ccc(N(c2ccc(C)cc2)c2cc(Nc3ccccc3)c(-c3cc(N(c4ccccc4)c4ccccc4)c(Cl)c(N(c4ccccc4)c4ccccc4)c3)c(Nc3ccccc3)c2)cc1. The van der Waals surface area contributed by atoms with E-state index in [0.717, 1.165) is 85.1 Å². The molecular weight excluding hydrogens is 850 g/mol. The average Bonchev–Trinajstić information content (AvgIpc) is 3.38. The highest BCUT2D eigenvalue weighted by Gasteiger charge is 2.27. The molecule has 0 heterocycles. The van der Waals surface area contributed by atoms with Crippen LogP contribution in [0.5, 0.6) is 0 Å². The van der Waals surface area contributed by atoms with Gasteiger partial charge in [-0.25, -0.2) is 0 Å². The van der Waals surface area contributed by atoms with Crippen LogP contribution in [0.25, 0.3) is 11.1 Å². The number of nitrogens with zero attached hydrogens (tertiary/aromatic N) is 3. The molecule has 0 spiro atoms. The molecule has 0 saturated carbocycles. The Morgan fingerprint density at radius 3 is 0.926 bits per heavy atom. The summed E-state index contributed by atoms with van der Waals surface area (Å²) in [4.78, 5) is 6.83. The van der Waals surface area contributed by atoms with Gasteiger partial charge in [-0.1, -0.05) is 156 Å². The lowest BCUT2D eigenvalue weighted by Crippen LogP contribution is -2.15. The number of anilines is 13. The number of hydrogen-bond donors (Lipinski definition) is 2. The van der Waals surface area contributed by atoms with Gasteiger partial charge in [0.25, 0.3) is 0 Å². The zero-order valence-electron chi connectivity index (χ0n) is 38.0. The Morgan fingerprint density at radius 2 is 0.603 bits per heavy atom. The van der Waals surface area contributed by atoms with Gasteiger partial charge in [0.15, 0.2) is 0 Å². The molecule has 5 nitrogen and oxygen atoms in total. The van der Waals surface area contributed by atoms with Crippen molar-refractivity contribution in [3.8, 4) is 11.1 Å². The van der Waals surface area contributed by atoms with Crippen LogP contribution in [0, 0.1) is 13.8 Å². The van der Waals surface area contributed by atoms with Crippen LogP contribution in [0.3, 0.4) is 0 Å². The van der Waals surface area contributed by atoms with Crippen LogP contribution < -0.4 is 25.3 Å². The van der Waals surface area contributed by atoms with Gasteiger partial charge in [0, 0.05) is 51.1 Å². The first-order valence-electron chi connectivity index (χ1n) is 22.9. The average molecular weight is 901 g/mol. The lowest BCUT2D eigenvalue weighted by atomic mass is 9.96. The fourth-order valence-electron chi connectivity index (χ4n) is 8.68. The molecule has 0 amide bonds. The van der Waals surface area contributed by atoms with Gasteiger partial charge < -0.3 is 25.3 Å². The largest absolute Gasteiger partial charge is 0.355 e. The van der Waals surface area contributed by atoms with Crippen LogP contribution >= 0.6 is 11.6 Å². The zero-order valence-corrected chi connectivity index (χ0v) is 38.7. The first kappa shape index (κ1) is 43.4. The van der Waals surface area contributed by atoms with Crippen molar-refractivity contribution < 1.29 is 0 Å². The Morgan fingerprint density at radius 1 is 0.309 bits per heavy atom. The van der Waals surface area contributed by atoms with Crippen molar-refractivity contribution >= 4 is 85.5 Å². The summed E-state index contributed by atoms with van der Waals surface area (Å²) in [6.45, 7) is 4.25. The highest BCUT2D eigenvalue weighted by molar-refractivity contribution is 6.37. The monoisotopic (exact) mass is 899 g/mol. The van der Waals surface area contributed by atoms with Crippen molar-refractivity contribution in [2.75, 3.05) is 25.3 Å². The van der Waals surface area contributed by atoms with Crippen LogP contribution in [-0.4, -0.2) is 0 Å². The number of hydrogen-bond acceptors (Lipinski definition) is 5. The second kappa shape index (κ2) is 19.9. The first-order valence-corrected chi connectivity index (χ1v) is 23.2. The highest BCUT2D eigenvalue weighted by Crippen LogP contribution is 2.52. The van der Waals surface area contributed by atoms with E-state index in [1.165, 1.54) is 11.1 Å². The lowest BCUT2D eigenvalue weighted by molar-refractivity contribution is 1.25. The molecule has 0 aliphatic rings. The first-order chi connectivity index (χ1) is 33.5. The number of para-hydroxylation sites is 6. The summed E-state index contributed by atoms with van der Waals surface area (Å²) in [5, 5.41) is 8.44. The minimum atomic E-state index is 0.589. The van der Waals surface area contributed by atoms with E-state index in [2.05, 4.69) is 258 Å². The Kier molecular flexibility index (Phi) is 12.7. The number of benzene rings is 10. The van der Waals surface area contributed by atoms with E-state index in [9.17, 15) is 0 Å². The van der Waals surface area contributed by atoms with Gasteiger partial charge in [0.1, 0.15) is 0 Å². The fraction of sp³-hybridized carbons (Fsp3) is 0.0323. The summed E-state index contributed by atoms with van der Waals surface area (Å²) in [6.07, 6.45) is 0. The second-order valence-corrected chi connectivity index (χ2v) is 17.1. The summed E-state index contributed by atoms with van der Waals surface area (Å²) >= 11 is 8.00. The molecule has 0 aliphatic carbocycles. The lowest BCUT2D eigenvalue weighted by Gasteiger charge is -2.32. The standard InChI is InChI=1S/C62H50ClN5/c1-45-33-37-54(38-34-45)66(55-39-35-46(2)36-40-55)56-43-57(64-48-21-9-3-10-22-48)61(58(44-56)65-49-23-11-4-12-24-49)47-41-59(67(50-25-13-5-14-26-50)51-27-15-6-16-28-51)62(63)60(42-47)68(52-29-17-7-18-30-52)53-31-19-8-20-32-53/h3-44,64-65H,1-2H3. The van der Waals surface area contributed by atoms with Crippen molar-refractivity contribution in [1.29, 1.82) is 0 Å². The molecule has 0 fully saturated rings. The molecule has 6 heteroatoms. The Bertz CT molecular complexity index is 2930. The molecule has 2 N–H and O–H groups in total. The van der Waals surface area contributed by atoms with E-state index >= 15 is 0 Å². The molecule has 0 aliphatic heterocycles. The van der Waals surface area contributed by atoms with Gasteiger partial charge in [-0.2, -0.15) is 0 Å². The van der Waals surface area contributed by atoms with Crippen LogP contribution in [0.1, 0.15) is 11.1 Å². The molecule has 0 bridgehead atoms. The van der Waals surface area contributed by atoms with Crippen molar-refractivity contribution in [3.05, 3.63) is 271 Å². The maximum absolute atomic E-state index is 8.00. The second-order valence-electron chi connectivity index (χ2n) is 16.7. The quantitative estimate of drug-likeness (QED) is 0.114. The summed E-state index contributed by atoms with van der Waals surface area (Å²) in [5.74, 6) is 0. The molecule has 0 unspecified atom stereocenters. The smallest absolute Gasteiger partial charge is 0.0887 e. The molecule has 10 aromatic carbocycles. The molecule has 0 saturated heterocycles. The van der Waals surface area contributed by atoms with E-state index < -0.39 is 0 Å². The molecule has 0 atom stereocenters. The van der Waals surface area contributed by atoms with Gasteiger partial charge in [-0.05, 0) is 141 Å². The maximum Gasteiger partial charge on any atom is 0.0887 e. The summed E-state index contributed by atoms with van der Waals surface area (Å²) in [5.41, 5.74) is 16.6. The minimum Gasteiger partial charge on any atom is -0.355 e. The van der Waals surface area contributed by atoms with Crippen molar-refractivity contribution in [2.45, 2.75) is 13.8 Å². The van der Waals surface area contributed by atoms with E-state index in [1.807, 2.05) is 36.4 Å². The predicted molar refractivity (Wildman–Crippen MR) is 290 cm³/mol. The summed E-state index contributed by atoms with van der Waals surface area (Å²) < 4.78 is 0. The normalized spacial score (nSPS) is 10.9. The van der Waals surface area contributed by atoms with Crippen molar-refractivity contribution in [3.63, 3.8) is 0 Å². The Labute approximate surface area is 404 Å². The third kappa shape index (κ3) is 9.43. The van der Waals surface area contributed by atoms with Gasteiger partial charge in [0.2, 0.25) is 0 Å². The van der Waals surface area contributed by atoms with Gasteiger partial charge >= 0.3 is 0 Å². The number of halogens is 1. The molecule has 10 rings (SSSR count). The predicted octanol–water partition coefficient (Wildman–Crippen LogP) is 18.5. The number of nitrogens with one attached hydrogen (secondary N) is 2. The maximum atomic E-state index is 8.00. The third-order valence-corrected chi connectivity index (χ3v) is 12.3. The Balaban J connectivity index is 1.31. The van der Waals surface area contributed by atoms with Crippen LogP contribution in [0.2, 0.25) is 5.02 Å². The van der Waals surface area contributed by atoms with E-state index in [-0.39, 0.29) is 0 Å². The van der Waals surface area contributed by atoms with E-state index in [4.69, 9.17) is 11.6 Å². The Hall–Kier alpha value is -8.51. The van der Waals surface area contributed by atoms with E-state index in [0.29, 0.717) is 5.02 Å². The van der Waals surface area contributed by atoms with Gasteiger partial charge in [-0.3, -0.25) is 0 Å². The molecular formula is C62H50ClN5. The zero-order chi connectivity index (χ0) is 46.2. The van der Waals surface area contributed by atoms with Crippen LogP contribution in [0.15, 0.2) is 255 Å². The topological polar surface area (TPSA) is 33.8 Å². The molecule has 68 heavy (non-hydrogen) atoms. The van der Waals surface area contributed by atoms with Crippen LogP contribution in [-0.2, 0) is 0 Å². The highest BCUT2D eigenvalue weighted by atomic mass is 35.5. The third-order valence-electron chi connectivity index (χ3n) is 11.9. The van der Waals surface area contributed by atoms with Crippen LogP contribution in [0.4, 0.5) is 73.9 Å². The number of rotatable bonds is 14. The summed E-state index contributed by atoms with van der Waals surface area (Å²) in [6, 6.07) is 89.0. The molecule has 0 aromatic heterocycles. The van der Waals surface area contributed by atoms with Crippen molar-refractivity contribution in [1.82, 2.24) is 0 Å². The van der Waals surface area contributed by atoms with Crippen molar-refractivity contribution in [2.24, 2.45) is 0 Å². The molecule has 330 valence electrons.